The molecule has 0 spiro atoms. The summed E-state index contributed by atoms with van der Waals surface area (Å²) in [4.78, 5) is 11.4. The number of carbonyl (C=O) groups excluding carboxylic acids is 1. The third kappa shape index (κ3) is 3.21. The van der Waals surface area contributed by atoms with E-state index in [4.69, 9.17) is 4.74 Å². The van der Waals surface area contributed by atoms with Gasteiger partial charge in [-0.2, -0.15) is 0 Å². The third-order valence-electron chi connectivity index (χ3n) is 3.71. The number of hydrogen-bond acceptors (Lipinski definition) is 3. The minimum atomic E-state index is -0.0918. The number of nitrogens with one attached hydrogen (secondary N) is 1. The van der Waals surface area contributed by atoms with E-state index in [1.165, 1.54) is 7.11 Å². The molecule has 1 N–H and O–H groups in total. The van der Waals surface area contributed by atoms with Gasteiger partial charge in [0.1, 0.15) is 0 Å². The molecule has 0 aromatic carbocycles. The summed E-state index contributed by atoms with van der Waals surface area (Å²) in [5.41, 5.74) is 0.0258. The second-order valence-electron chi connectivity index (χ2n) is 5.37. The van der Waals surface area contributed by atoms with Crippen molar-refractivity contribution in [2.45, 2.75) is 52.0 Å². The fourth-order valence-electron chi connectivity index (χ4n) is 2.51. The van der Waals surface area contributed by atoms with Crippen molar-refractivity contribution >= 4 is 5.97 Å². The number of esters is 1. The molecule has 0 aromatic rings. The molecule has 0 heterocycles. The number of hydrogen-bond donors (Lipinski definition) is 1. The van der Waals surface area contributed by atoms with Gasteiger partial charge in [0.15, 0.2) is 0 Å². The summed E-state index contributed by atoms with van der Waals surface area (Å²) in [5.74, 6) is 1.38. The van der Waals surface area contributed by atoms with E-state index >= 15 is 0 Å². The van der Waals surface area contributed by atoms with Crippen molar-refractivity contribution in [3.63, 3.8) is 0 Å². The SMILES string of the molecule is CCCNC1(CC(=O)OC)CC(C(C)C)C1. The van der Waals surface area contributed by atoms with Crippen molar-refractivity contribution in [3.8, 4) is 0 Å². The Morgan fingerprint density at radius 1 is 1.50 bits per heavy atom. The Balaban J connectivity index is 2.49. The van der Waals surface area contributed by atoms with Crippen LogP contribution < -0.4 is 5.32 Å². The van der Waals surface area contributed by atoms with Crippen LogP contribution in [-0.4, -0.2) is 25.2 Å². The zero-order valence-corrected chi connectivity index (χ0v) is 11.0. The normalized spacial score (nSPS) is 28.9. The molecule has 1 fully saturated rings. The monoisotopic (exact) mass is 227 g/mol. The Kier molecular flexibility index (Phi) is 4.78. The van der Waals surface area contributed by atoms with Crippen LogP contribution >= 0.6 is 0 Å². The number of methoxy groups -OCH3 is 1. The quantitative estimate of drug-likeness (QED) is 0.708. The molecular weight excluding hydrogens is 202 g/mol. The predicted octanol–water partition coefficient (Wildman–Crippen LogP) is 2.35. The van der Waals surface area contributed by atoms with Crippen LogP contribution in [0.2, 0.25) is 0 Å². The Hall–Kier alpha value is -0.570. The van der Waals surface area contributed by atoms with Gasteiger partial charge in [0.05, 0.1) is 13.5 Å². The minimum absolute atomic E-state index is 0.0258. The van der Waals surface area contributed by atoms with Crippen molar-refractivity contribution in [2.75, 3.05) is 13.7 Å². The molecule has 3 nitrogen and oxygen atoms in total. The molecule has 0 unspecified atom stereocenters. The zero-order chi connectivity index (χ0) is 12.2. The molecule has 16 heavy (non-hydrogen) atoms. The molecule has 1 saturated carbocycles. The number of rotatable bonds is 6. The Morgan fingerprint density at radius 3 is 2.56 bits per heavy atom. The van der Waals surface area contributed by atoms with Gasteiger partial charge in [0, 0.05) is 5.54 Å². The molecule has 0 aromatic heterocycles. The number of carbonyl (C=O) groups is 1. The summed E-state index contributed by atoms with van der Waals surface area (Å²) in [6, 6.07) is 0. The second kappa shape index (κ2) is 5.67. The van der Waals surface area contributed by atoms with Crippen molar-refractivity contribution in [1.29, 1.82) is 0 Å². The highest BCUT2D eigenvalue weighted by Gasteiger charge is 2.46. The van der Waals surface area contributed by atoms with Gasteiger partial charge < -0.3 is 10.1 Å². The van der Waals surface area contributed by atoms with E-state index in [9.17, 15) is 4.79 Å². The molecule has 94 valence electrons. The summed E-state index contributed by atoms with van der Waals surface area (Å²) in [6.45, 7) is 7.65. The smallest absolute Gasteiger partial charge is 0.307 e. The van der Waals surface area contributed by atoms with Gasteiger partial charge in [-0.15, -0.1) is 0 Å². The molecule has 0 amide bonds. The van der Waals surface area contributed by atoms with Gasteiger partial charge in [0.25, 0.3) is 0 Å². The van der Waals surface area contributed by atoms with Crippen molar-refractivity contribution in [2.24, 2.45) is 11.8 Å². The first-order valence-electron chi connectivity index (χ1n) is 6.35. The topological polar surface area (TPSA) is 38.3 Å². The Labute approximate surface area is 98.9 Å². The Morgan fingerprint density at radius 2 is 2.12 bits per heavy atom. The highest BCUT2D eigenvalue weighted by atomic mass is 16.5. The third-order valence-corrected chi connectivity index (χ3v) is 3.71. The fourth-order valence-corrected chi connectivity index (χ4v) is 2.51. The lowest BCUT2D eigenvalue weighted by molar-refractivity contribution is -0.144. The Bertz CT molecular complexity index is 232. The van der Waals surface area contributed by atoms with Crippen LogP contribution in [0, 0.1) is 11.8 Å². The fraction of sp³-hybridized carbons (Fsp3) is 0.923. The molecule has 1 aliphatic carbocycles. The van der Waals surface area contributed by atoms with Crippen molar-refractivity contribution in [3.05, 3.63) is 0 Å². The van der Waals surface area contributed by atoms with Crippen LogP contribution in [-0.2, 0) is 9.53 Å². The predicted molar refractivity (Wildman–Crippen MR) is 65.2 cm³/mol. The van der Waals surface area contributed by atoms with Crippen LogP contribution in [0.1, 0.15) is 46.5 Å². The standard InChI is InChI=1S/C13H25NO2/c1-5-6-14-13(9-12(15)16-4)7-11(8-13)10(2)3/h10-11,14H,5-9H2,1-4H3. The van der Waals surface area contributed by atoms with Gasteiger partial charge in [-0.1, -0.05) is 20.8 Å². The average Bonchev–Trinajstić information content (AvgIpc) is 2.20. The highest BCUT2D eigenvalue weighted by molar-refractivity contribution is 5.71. The molecule has 0 bridgehead atoms. The summed E-state index contributed by atoms with van der Waals surface area (Å²) in [5, 5.41) is 3.53. The van der Waals surface area contributed by atoms with E-state index in [1.54, 1.807) is 0 Å². The lowest BCUT2D eigenvalue weighted by atomic mass is 9.62. The van der Waals surface area contributed by atoms with Crippen LogP contribution in [0.3, 0.4) is 0 Å². The largest absolute Gasteiger partial charge is 0.469 e. The summed E-state index contributed by atoms with van der Waals surface area (Å²) < 4.78 is 4.78. The molecule has 0 aliphatic heterocycles. The first kappa shape index (κ1) is 13.5. The first-order valence-corrected chi connectivity index (χ1v) is 6.35. The summed E-state index contributed by atoms with van der Waals surface area (Å²) in [6.07, 6.45) is 3.85. The molecular formula is C13H25NO2. The van der Waals surface area contributed by atoms with E-state index in [0.717, 1.165) is 31.7 Å². The lowest BCUT2D eigenvalue weighted by Gasteiger charge is -2.50. The van der Waals surface area contributed by atoms with Crippen LogP contribution in [0.5, 0.6) is 0 Å². The first-order chi connectivity index (χ1) is 7.53. The zero-order valence-electron chi connectivity index (χ0n) is 11.0. The highest BCUT2D eigenvalue weighted by Crippen LogP contribution is 2.44. The maximum absolute atomic E-state index is 11.4. The summed E-state index contributed by atoms with van der Waals surface area (Å²) in [7, 11) is 1.47. The molecule has 0 atom stereocenters. The van der Waals surface area contributed by atoms with E-state index in [2.05, 4.69) is 26.1 Å². The molecule has 1 rings (SSSR count). The van der Waals surface area contributed by atoms with Gasteiger partial charge >= 0.3 is 5.97 Å². The van der Waals surface area contributed by atoms with Crippen molar-refractivity contribution in [1.82, 2.24) is 5.32 Å². The van der Waals surface area contributed by atoms with Crippen LogP contribution in [0.4, 0.5) is 0 Å². The second-order valence-corrected chi connectivity index (χ2v) is 5.37. The van der Waals surface area contributed by atoms with Crippen LogP contribution in [0.25, 0.3) is 0 Å². The van der Waals surface area contributed by atoms with Gasteiger partial charge in [-0.3, -0.25) is 4.79 Å². The maximum Gasteiger partial charge on any atom is 0.307 e. The van der Waals surface area contributed by atoms with E-state index < -0.39 is 0 Å². The van der Waals surface area contributed by atoms with Gasteiger partial charge in [0.2, 0.25) is 0 Å². The maximum atomic E-state index is 11.4. The molecule has 0 radical (unpaired) electrons. The molecule has 1 aliphatic rings. The van der Waals surface area contributed by atoms with E-state index in [-0.39, 0.29) is 11.5 Å². The van der Waals surface area contributed by atoms with Gasteiger partial charge in [-0.25, -0.2) is 0 Å². The van der Waals surface area contributed by atoms with Crippen molar-refractivity contribution < 1.29 is 9.53 Å². The van der Waals surface area contributed by atoms with E-state index in [0.29, 0.717) is 12.3 Å². The minimum Gasteiger partial charge on any atom is -0.469 e. The average molecular weight is 227 g/mol. The summed E-state index contributed by atoms with van der Waals surface area (Å²) >= 11 is 0. The van der Waals surface area contributed by atoms with Gasteiger partial charge in [-0.05, 0) is 37.6 Å². The number of ether oxygens (including phenoxy) is 1. The van der Waals surface area contributed by atoms with Crippen LogP contribution in [0.15, 0.2) is 0 Å². The molecule has 3 heteroatoms. The van der Waals surface area contributed by atoms with E-state index in [1.807, 2.05) is 0 Å². The lowest BCUT2D eigenvalue weighted by Crippen LogP contribution is -2.57. The molecule has 0 saturated heterocycles.